The third-order valence-electron chi connectivity index (χ3n) is 3.96. The third-order valence-corrected chi connectivity index (χ3v) is 3.96. The topological polar surface area (TPSA) is 75.4 Å². The molecule has 3 N–H and O–H groups in total. The van der Waals surface area contributed by atoms with Crippen molar-refractivity contribution in [3.05, 3.63) is 24.3 Å². The predicted octanol–water partition coefficient (Wildman–Crippen LogP) is 2.25. The molecule has 5 heteroatoms. The molecule has 1 aliphatic heterocycles. The molecule has 2 rings (SSSR count). The second kappa shape index (κ2) is 6.16. The SMILES string of the molecule is CC1(C)CCC(=O)N(CC(=O)Nc2ccc(N)cc2)CC1. The number of amides is 2. The molecule has 0 spiro atoms. The van der Waals surface area contributed by atoms with Crippen LogP contribution in [0.5, 0.6) is 0 Å². The van der Waals surface area contributed by atoms with Crippen LogP contribution in [0.3, 0.4) is 0 Å². The molecule has 1 aliphatic rings. The Balaban J connectivity index is 1.92. The summed E-state index contributed by atoms with van der Waals surface area (Å²) in [4.78, 5) is 25.8. The number of hydrogen-bond donors (Lipinski definition) is 2. The Hall–Kier alpha value is -2.04. The van der Waals surface area contributed by atoms with Crippen LogP contribution in [0, 0.1) is 5.41 Å². The van der Waals surface area contributed by atoms with Gasteiger partial charge in [-0.1, -0.05) is 13.8 Å². The molecule has 21 heavy (non-hydrogen) atoms. The second-order valence-electron chi connectivity index (χ2n) is 6.40. The van der Waals surface area contributed by atoms with Gasteiger partial charge < -0.3 is 16.0 Å². The van der Waals surface area contributed by atoms with Gasteiger partial charge >= 0.3 is 0 Å². The predicted molar refractivity (Wildman–Crippen MR) is 83.7 cm³/mol. The van der Waals surface area contributed by atoms with E-state index < -0.39 is 0 Å². The largest absolute Gasteiger partial charge is 0.399 e. The van der Waals surface area contributed by atoms with Crippen molar-refractivity contribution in [2.75, 3.05) is 24.1 Å². The zero-order valence-corrected chi connectivity index (χ0v) is 12.7. The summed E-state index contributed by atoms with van der Waals surface area (Å²) in [6.45, 7) is 5.08. The van der Waals surface area contributed by atoms with Gasteiger partial charge in [0.25, 0.3) is 0 Å². The lowest BCUT2D eigenvalue weighted by molar-refractivity contribution is -0.134. The van der Waals surface area contributed by atoms with Crippen LogP contribution < -0.4 is 11.1 Å². The summed E-state index contributed by atoms with van der Waals surface area (Å²) in [6, 6.07) is 6.96. The Bertz CT molecular complexity index is 523. The minimum Gasteiger partial charge on any atom is -0.399 e. The minimum absolute atomic E-state index is 0.0630. The van der Waals surface area contributed by atoms with Crippen molar-refractivity contribution in [1.29, 1.82) is 0 Å². The Morgan fingerprint density at radius 2 is 1.95 bits per heavy atom. The molecule has 2 amide bonds. The van der Waals surface area contributed by atoms with Crippen LogP contribution in [0.25, 0.3) is 0 Å². The molecule has 1 fully saturated rings. The van der Waals surface area contributed by atoms with E-state index in [9.17, 15) is 9.59 Å². The first-order chi connectivity index (χ1) is 9.85. The van der Waals surface area contributed by atoms with Crippen LogP contribution in [0.1, 0.15) is 33.1 Å². The molecular weight excluding hydrogens is 266 g/mol. The highest BCUT2D eigenvalue weighted by atomic mass is 16.2. The van der Waals surface area contributed by atoms with E-state index in [4.69, 9.17) is 5.73 Å². The molecule has 0 aliphatic carbocycles. The Morgan fingerprint density at radius 3 is 2.62 bits per heavy atom. The summed E-state index contributed by atoms with van der Waals surface area (Å²) < 4.78 is 0. The second-order valence-corrected chi connectivity index (χ2v) is 6.40. The lowest BCUT2D eigenvalue weighted by atomic mass is 9.85. The molecule has 114 valence electrons. The Kier molecular flexibility index (Phi) is 4.50. The van der Waals surface area contributed by atoms with Crippen molar-refractivity contribution in [2.45, 2.75) is 33.1 Å². The van der Waals surface area contributed by atoms with Gasteiger partial charge in [0.1, 0.15) is 0 Å². The average molecular weight is 289 g/mol. The van der Waals surface area contributed by atoms with Crippen LogP contribution in [-0.2, 0) is 9.59 Å². The number of nitrogens with two attached hydrogens (primary N) is 1. The molecule has 1 saturated heterocycles. The normalized spacial score (nSPS) is 18.2. The van der Waals surface area contributed by atoms with E-state index in [1.54, 1.807) is 29.2 Å². The third kappa shape index (κ3) is 4.48. The van der Waals surface area contributed by atoms with Crippen molar-refractivity contribution in [3.63, 3.8) is 0 Å². The van der Waals surface area contributed by atoms with Crippen LogP contribution in [0.2, 0.25) is 0 Å². The van der Waals surface area contributed by atoms with Gasteiger partial charge in [-0.2, -0.15) is 0 Å². The Morgan fingerprint density at radius 1 is 1.29 bits per heavy atom. The molecule has 0 aromatic heterocycles. The fraction of sp³-hybridized carbons (Fsp3) is 0.500. The summed E-state index contributed by atoms with van der Waals surface area (Å²) >= 11 is 0. The molecule has 5 nitrogen and oxygen atoms in total. The molecule has 0 saturated carbocycles. The number of nitrogens with zero attached hydrogens (tertiary/aromatic N) is 1. The van der Waals surface area contributed by atoms with E-state index in [1.807, 2.05) is 0 Å². The van der Waals surface area contributed by atoms with Crippen LogP contribution in [0.4, 0.5) is 11.4 Å². The fourth-order valence-electron chi connectivity index (χ4n) is 2.40. The first-order valence-corrected chi connectivity index (χ1v) is 7.29. The first-order valence-electron chi connectivity index (χ1n) is 7.29. The maximum atomic E-state index is 12.1. The van der Waals surface area contributed by atoms with Gasteiger partial charge in [0.15, 0.2) is 0 Å². The minimum atomic E-state index is -0.173. The van der Waals surface area contributed by atoms with Crippen molar-refractivity contribution in [1.82, 2.24) is 4.90 Å². The van der Waals surface area contributed by atoms with Gasteiger partial charge in [-0.3, -0.25) is 9.59 Å². The molecule has 1 aromatic carbocycles. The monoisotopic (exact) mass is 289 g/mol. The maximum Gasteiger partial charge on any atom is 0.243 e. The van der Waals surface area contributed by atoms with Gasteiger partial charge in [0, 0.05) is 24.3 Å². The van der Waals surface area contributed by atoms with Gasteiger partial charge in [-0.25, -0.2) is 0 Å². The fourth-order valence-corrected chi connectivity index (χ4v) is 2.40. The summed E-state index contributed by atoms with van der Waals surface area (Å²) in [5.41, 5.74) is 7.11. The standard InChI is InChI=1S/C16H23N3O2/c1-16(2)8-7-15(21)19(10-9-16)11-14(20)18-13-5-3-12(17)4-6-13/h3-6H,7-11,17H2,1-2H3,(H,18,20). The number of nitrogens with one attached hydrogen (secondary N) is 1. The molecular formula is C16H23N3O2. The lowest BCUT2D eigenvalue weighted by Gasteiger charge is -2.23. The van der Waals surface area contributed by atoms with E-state index in [2.05, 4.69) is 19.2 Å². The zero-order valence-electron chi connectivity index (χ0n) is 12.7. The highest BCUT2D eigenvalue weighted by Gasteiger charge is 2.28. The van der Waals surface area contributed by atoms with Crippen molar-refractivity contribution in [3.8, 4) is 0 Å². The van der Waals surface area contributed by atoms with E-state index >= 15 is 0 Å². The van der Waals surface area contributed by atoms with Gasteiger partial charge in [0.05, 0.1) is 6.54 Å². The van der Waals surface area contributed by atoms with Gasteiger partial charge in [0.2, 0.25) is 11.8 Å². The lowest BCUT2D eigenvalue weighted by Crippen LogP contribution is -2.37. The number of carbonyl (C=O) groups is 2. The van der Waals surface area contributed by atoms with Crippen LogP contribution in [-0.4, -0.2) is 29.8 Å². The smallest absolute Gasteiger partial charge is 0.243 e. The molecule has 0 radical (unpaired) electrons. The van der Waals surface area contributed by atoms with Gasteiger partial charge in [-0.15, -0.1) is 0 Å². The van der Waals surface area contributed by atoms with Crippen molar-refractivity contribution in [2.24, 2.45) is 5.41 Å². The summed E-state index contributed by atoms with van der Waals surface area (Å²) in [5, 5.41) is 2.79. The van der Waals surface area contributed by atoms with E-state index in [-0.39, 0.29) is 23.8 Å². The number of hydrogen-bond acceptors (Lipinski definition) is 3. The number of benzene rings is 1. The number of carbonyl (C=O) groups excluding carboxylic acids is 2. The molecule has 0 unspecified atom stereocenters. The van der Waals surface area contributed by atoms with E-state index in [1.165, 1.54) is 0 Å². The first kappa shape index (κ1) is 15.4. The summed E-state index contributed by atoms with van der Waals surface area (Å²) in [6.07, 6.45) is 2.32. The molecule has 0 bridgehead atoms. The summed E-state index contributed by atoms with van der Waals surface area (Å²) in [7, 11) is 0. The molecule has 1 heterocycles. The zero-order chi connectivity index (χ0) is 15.5. The number of anilines is 2. The van der Waals surface area contributed by atoms with Crippen molar-refractivity contribution < 1.29 is 9.59 Å². The van der Waals surface area contributed by atoms with E-state index in [0.717, 1.165) is 12.8 Å². The summed E-state index contributed by atoms with van der Waals surface area (Å²) in [5.74, 6) is -0.110. The highest BCUT2D eigenvalue weighted by molar-refractivity contribution is 5.94. The number of nitrogen functional groups attached to an aromatic ring is 1. The Labute approximate surface area is 125 Å². The van der Waals surface area contributed by atoms with Crippen LogP contribution >= 0.6 is 0 Å². The van der Waals surface area contributed by atoms with E-state index in [0.29, 0.717) is 24.3 Å². The van der Waals surface area contributed by atoms with Crippen LogP contribution in [0.15, 0.2) is 24.3 Å². The number of likely N-dealkylation sites (tertiary alicyclic amines) is 1. The van der Waals surface area contributed by atoms with Gasteiger partial charge in [-0.05, 0) is 42.5 Å². The maximum absolute atomic E-state index is 12.1. The average Bonchev–Trinajstić information content (AvgIpc) is 2.55. The number of rotatable bonds is 3. The van der Waals surface area contributed by atoms with Crippen molar-refractivity contribution >= 4 is 23.2 Å². The highest BCUT2D eigenvalue weighted by Crippen LogP contribution is 2.30. The molecule has 1 aromatic rings. The molecule has 0 atom stereocenters. The quantitative estimate of drug-likeness (QED) is 0.838.